The highest BCUT2D eigenvalue weighted by Crippen LogP contribution is 2.30. The van der Waals surface area contributed by atoms with Crippen LogP contribution in [0.5, 0.6) is 0 Å². The van der Waals surface area contributed by atoms with Gasteiger partial charge in [0.05, 0.1) is 16.3 Å². The first-order valence-electron chi connectivity index (χ1n) is 11.6. The second-order valence-corrected chi connectivity index (χ2v) is 10.0. The predicted molar refractivity (Wildman–Crippen MR) is 128 cm³/mol. The Kier molecular flexibility index (Phi) is 7.44. The Morgan fingerprint density at radius 1 is 1.34 bits per heavy atom. The van der Waals surface area contributed by atoms with Crippen molar-refractivity contribution in [2.24, 2.45) is 11.8 Å². The number of ketones is 1. The van der Waals surface area contributed by atoms with Gasteiger partial charge in [-0.05, 0) is 70.2 Å². The molecule has 2 N–H and O–H groups in total. The van der Waals surface area contributed by atoms with E-state index in [0.717, 1.165) is 74.7 Å². The summed E-state index contributed by atoms with van der Waals surface area (Å²) >= 11 is 6.47. The molecular weight excluding hydrogens is 424 g/mol. The SMILES string of the molecule is CC1(C)CC(CNc2cccc(-c3cc(CC(=O)[C@@H]4CCCNC4)ncc3Cl)n2)CCO1. The molecule has 0 spiro atoms. The first-order valence-corrected chi connectivity index (χ1v) is 12.0. The lowest BCUT2D eigenvalue weighted by Crippen LogP contribution is -2.36. The molecular formula is C25H33ClN4O2. The smallest absolute Gasteiger partial charge is 0.143 e. The zero-order valence-corrected chi connectivity index (χ0v) is 19.8. The molecule has 4 rings (SSSR count). The summed E-state index contributed by atoms with van der Waals surface area (Å²) in [7, 11) is 0. The molecule has 32 heavy (non-hydrogen) atoms. The van der Waals surface area contributed by atoms with Gasteiger partial charge in [-0.1, -0.05) is 17.7 Å². The van der Waals surface area contributed by atoms with E-state index in [1.807, 2.05) is 24.3 Å². The fraction of sp³-hybridized carbons (Fsp3) is 0.560. The number of nitrogens with one attached hydrogen (secondary N) is 2. The molecule has 0 bridgehead atoms. The molecule has 2 saturated heterocycles. The molecule has 7 heteroatoms. The van der Waals surface area contributed by atoms with Gasteiger partial charge in [0.25, 0.3) is 0 Å². The van der Waals surface area contributed by atoms with Gasteiger partial charge in [-0.3, -0.25) is 9.78 Å². The van der Waals surface area contributed by atoms with Crippen molar-refractivity contribution in [2.45, 2.75) is 51.6 Å². The number of piperidine rings is 1. The molecule has 2 aliphatic heterocycles. The highest BCUT2D eigenvalue weighted by Gasteiger charge is 2.28. The maximum atomic E-state index is 12.7. The van der Waals surface area contributed by atoms with Gasteiger partial charge in [0, 0.05) is 49.5 Å². The Labute approximate surface area is 195 Å². The molecule has 0 aromatic carbocycles. The van der Waals surface area contributed by atoms with E-state index in [9.17, 15) is 4.79 Å². The van der Waals surface area contributed by atoms with E-state index in [-0.39, 0.29) is 17.3 Å². The molecule has 0 amide bonds. The maximum absolute atomic E-state index is 12.7. The lowest BCUT2D eigenvalue weighted by Gasteiger charge is -2.35. The Hall–Kier alpha value is -2.02. The molecule has 2 atom stereocenters. The number of anilines is 1. The van der Waals surface area contributed by atoms with E-state index in [1.54, 1.807) is 6.20 Å². The summed E-state index contributed by atoms with van der Waals surface area (Å²) in [6.07, 6.45) is 6.04. The van der Waals surface area contributed by atoms with Crippen LogP contribution in [-0.2, 0) is 16.0 Å². The molecule has 0 radical (unpaired) electrons. The highest BCUT2D eigenvalue weighted by molar-refractivity contribution is 6.33. The monoisotopic (exact) mass is 456 g/mol. The number of rotatable bonds is 7. The zero-order chi connectivity index (χ0) is 22.6. The third-order valence-corrected chi connectivity index (χ3v) is 6.72. The number of nitrogens with zero attached hydrogens (tertiary/aromatic N) is 2. The van der Waals surface area contributed by atoms with E-state index in [1.165, 1.54) is 0 Å². The molecule has 1 unspecified atom stereocenters. The maximum Gasteiger partial charge on any atom is 0.143 e. The van der Waals surface area contributed by atoms with Crippen molar-refractivity contribution in [1.82, 2.24) is 15.3 Å². The van der Waals surface area contributed by atoms with Crippen LogP contribution in [0.25, 0.3) is 11.3 Å². The summed E-state index contributed by atoms with van der Waals surface area (Å²) in [4.78, 5) is 21.9. The van der Waals surface area contributed by atoms with Gasteiger partial charge in [0.2, 0.25) is 0 Å². The minimum atomic E-state index is -0.0635. The lowest BCUT2D eigenvalue weighted by molar-refractivity contribution is -0.122. The van der Waals surface area contributed by atoms with E-state index in [0.29, 0.717) is 17.4 Å². The number of hydrogen-bond acceptors (Lipinski definition) is 6. The van der Waals surface area contributed by atoms with Crippen LogP contribution < -0.4 is 10.6 Å². The van der Waals surface area contributed by atoms with Crippen LogP contribution in [0.3, 0.4) is 0 Å². The van der Waals surface area contributed by atoms with Crippen molar-refractivity contribution >= 4 is 23.2 Å². The largest absolute Gasteiger partial charge is 0.376 e. The molecule has 0 aliphatic carbocycles. The van der Waals surface area contributed by atoms with E-state index >= 15 is 0 Å². The fourth-order valence-electron chi connectivity index (χ4n) is 4.69. The lowest BCUT2D eigenvalue weighted by atomic mass is 9.88. The summed E-state index contributed by atoms with van der Waals surface area (Å²) < 4.78 is 5.82. The number of pyridine rings is 2. The molecule has 2 aromatic heterocycles. The van der Waals surface area contributed by atoms with Gasteiger partial charge in [-0.25, -0.2) is 4.98 Å². The molecule has 2 aliphatic rings. The van der Waals surface area contributed by atoms with Crippen molar-refractivity contribution in [3.63, 3.8) is 0 Å². The summed E-state index contributed by atoms with van der Waals surface area (Å²) in [5.41, 5.74) is 2.26. The van der Waals surface area contributed by atoms with Crippen LogP contribution >= 0.6 is 11.6 Å². The van der Waals surface area contributed by atoms with Crippen molar-refractivity contribution < 1.29 is 9.53 Å². The summed E-state index contributed by atoms with van der Waals surface area (Å²) in [5.74, 6) is 1.69. The van der Waals surface area contributed by atoms with Crippen LogP contribution in [0.2, 0.25) is 5.02 Å². The quantitative estimate of drug-likeness (QED) is 0.637. The van der Waals surface area contributed by atoms with Gasteiger partial charge in [-0.2, -0.15) is 0 Å². The van der Waals surface area contributed by atoms with Crippen molar-refractivity contribution in [3.8, 4) is 11.3 Å². The van der Waals surface area contributed by atoms with Gasteiger partial charge in [0.15, 0.2) is 0 Å². The van der Waals surface area contributed by atoms with Gasteiger partial charge in [-0.15, -0.1) is 0 Å². The number of halogens is 1. The number of Topliss-reactive ketones (excluding diaryl/α,β-unsaturated/α-hetero) is 1. The molecule has 2 fully saturated rings. The normalized spacial score (nSPS) is 23.0. The second-order valence-electron chi connectivity index (χ2n) is 9.60. The van der Waals surface area contributed by atoms with Crippen LogP contribution in [-0.4, -0.2) is 47.6 Å². The summed E-state index contributed by atoms with van der Waals surface area (Å²) in [5, 5.41) is 7.33. The Morgan fingerprint density at radius 3 is 3.00 bits per heavy atom. The number of hydrogen-bond donors (Lipinski definition) is 2. The van der Waals surface area contributed by atoms with Crippen molar-refractivity contribution in [1.29, 1.82) is 0 Å². The van der Waals surface area contributed by atoms with Gasteiger partial charge in [0.1, 0.15) is 11.6 Å². The minimum Gasteiger partial charge on any atom is -0.376 e. The highest BCUT2D eigenvalue weighted by atomic mass is 35.5. The second kappa shape index (κ2) is 10.3. The zero-order valence-electron chi connectivity index (χ0n) is 19.0. The topological polar surface area (TPSA) is 76.1 Å². The summed E-state index contributed by atoms with van der Waals surface area (Å²) in [6.45, 7) is 7.72. The third-order valence-electron chi connectivity index (χ3n) is 6.42. The number of ether oxygens (including phenoxy) is 1. The number of carbonyl (C=O) groups is 1. The number of carbonyl (C=O) groups excluding carboxylic acids is 1. The van der Waals surface area contributed by atoms with Gasteiger partial charge < -0.3 is 15.4 Å². The van der Waals surface area contributed by atoms with E-state index in [4.69, 9.17) is 21.3 Å². The average Bonchev–Trinajstić information content (AvgIpc) is 2.79. The van der Waals surface area contributed by atoms with Crippen molar-refractivity contribution in [2.75, 3.05) is 31.6 Å². The van der Waals surface area contributed by atoms with Crippen molar-refractivity contribution in [3.05, 3.63) is 41.2 Å². The van der Waals surface area contributed by atoms with Gasteiger partial charge >= 0.3 is 0 Å². The third kappa shape index (κ3) is 6.06. The molecule has 172 valence electrons. The predicted octanol–water partition coefficient (Wildman–Crippen LogP) is 4.53. The van der Waals surface area contributed by atoms with Crippen LogP contribution in [0.1, 0.15) is 45.2 Å². The average molecular weight is 457 g/mol. The first-order chi connectivity index (χ1) is 15.4. The Morgan fingerprint density at radius 2 is 2.22 bits per heavy atom. The standard InChI is InChI=1S/C25H33ClN4O2/c1-25(2)13-17(8-10-32-25)14-29-24-7-3-6-22(30-24)20-11-19(28-16-21(20)26)12-23(31)18-5-4-9-27-15-18/h3,6-7,11,16-18,27H,4-5,8-10,12-15H2,1-2H3,(H,29,30)/t17?,18-/m1/s1. The van der Waals surface area contributed by atoms with E-state index in [2.05, 4.69) is 29.5 Å². The van der Waals surface area contributed by atoms with Crippen LogP contribution in [0.15, 0.2) is 30.5 Å². The molecule has 2 aromatic rings. The molecule has 0 saturated carbocycles. The molecule has 4 heterocycles. The Balaban J connectivity index is 1.43. The first kappa shape index (κ1) is 23.1. The molecule has 6 nitrogen and oxygen atoms in total. The summed E-state index contributed by atoms with van der Waals surface area (Å²) in [6, 6.07) is 7.81. The van der Waals surface area contributed by atoms with E-state index < -0.39 is 0 Å². The minimum absolute atomic E-state index is 0.0635. The number of aromatic nitrogens is 2. The van der Waals surface area contributed by atoms with Crippen LogP contribution in [0.4, 0.5) is 5.82 Å². The van der Waals surface area contributed by atoms with Crippen LogP contribution in [0, 0.1) is 11.8 Å². The Bertz CT molecular complexity index is 943. The fourth-order valence-corrected chi connectivity index (χ4v) is 4.89.